The molecule has 0 spiro atoms. The van der Waals surface area contributed by atoms with Gasteiger partial charge in [-0.25, -0.2) is 0 Å². The fourth-order valence-corrected chi connectivity index (χ4v) is 3.41. The second-order valence-corrected chi connectivity index (χ2v) is 5.42. The molecule has 5 heteroatoms. The number of carbonyl (C=O) groups is 2. The number of rotatable bonds is 1. The standard InChI is InChI=1S/C14H14N2O3/c17-12-9-7-14(8-9,13(18)15-12)16-5-6-19-11-4-2-1-3-10(11)16/h1-4,9H,5-8H2,(H,15,17,18). The lowest BCUT2D eigenvalue weighted by molar-refractivity contribution is -0.150. The van der Waals surface area contributed by atoms with Crippen LogP contribution in [0.15, 0.2) is 24.3 Å². The number of hydrogen-bond acceptors (Lipinski definition) is 4. The van der Waals surface area contributed by atoms with Crippen LogP contribution < -0.4 is 15.0 Å². The molecule has 3 aliphatic heterocycles. The molecular weight excluding hydrogens is 244 g/mol. The lowest BCUT2D eigenvalue weighted by Gasteiger charge is -2.56. The Bertz CT molecular complexity index is 578. The molecule has 0 aromatic heterocycles. The number of imide groups is 1. The van der Waals surface area contributed by atoms with Crippen molar-refractivity contribution in [3.63, 3.8) is 0 Å². The van der Waals surface area contributed by atoms with Crippen molar-refractivity contribution in [3.8, 4) is 5.75 Å². The Morgan fingerprint density at radius 1 is 1.26 bits per heavy atom. The molecule has 1 aromatic rings. The van der Waals surface area contributed by atoms with Crippen LogP contribution in [-0.2, 0) is 9.59 Å². The molecule has 1 N–H and O–H groups in total. The highest BCUT2D eigenvalue weighted by atomic mass is 16.5. The van der Waals surface area contributed by atoms with Gasteiger partial charge in [0.15, 0.2) is 0 Å². The molecule has 1 aromatic carbocycles. The first-order chi connectivity index (χ1) is 9.21. The number of carbonyl (C=O) groups excluding carboxylic acids is 2. The first kappa shape index (κ1) is 10.8. The molecule has 5 rings (SSSR count). The van der Waals surface area contributed by atoms with E-state index in [1.165, 1.54) is 0 Å². The predicted molar refractivity (Wildman–Crippen MR) is 67.9 cm³/mol. The van der Waals surface area contributed by atoms with Crippen LogP contribution in [0.3, 0.4) is 0 Å². The van der Waals surface area contributed by atoms with E-state index >= 15 is 0 Å². The zero-order chi connectivity index (χ0) is 13.0. The quantitative estimate of drug-likeness (QED) is 0.753. The third-order valence-corrected chi connectivity index (χ3v) is 4.44. The zero-order valence-corrected chi connectivity index (χ0v) is 10.4. The van der Waals surface area contributed by atoms with Gasteiger partial charge in [0, 0.05) is 5.92 Å². The third-order valence-electron chi connectivity index (χ3n) is 4.44. The second-order valence-electron chi connectivity index (χ2n) is 5.42. The molecule has 1 aliphatic carbocycles. The number of piperidine rings is 2. The van der Waals surface area contributed by atoms with Gasteiger partial charge < -0.3 is 9.64 Å². The maximum Gasteiger partial charge on any atom is 0.252 e. The number of nitrogens with one attached hydrogen (secondary N) is 1. The second kappa shape index (κ2) is 3.50. The van der Waals surface area contributed by atoms with E-state index in [0.29, 0.717) is 26.0 Å². The zero-order valence-electron chi connectivity index (χ0n) is 10.4. The molecule has 98 valence electrons. The van der Waals surface area contributed by atoms with E-state index < -0.39 is 5.54 Å². The maximum atomic E-state index is 12.3. The normalized spacial score (nSPS) is 32.0. The van der Waals surface area contributed by atoms with Crippen LogP contribution in [0.25, 0.3) is 0 Å². The topological polar surface area (TPSA) is 58.6 Å². The molecule has 0 radical (unpaired) electrons. The molecule has 3 heterocycles. The lowest BCUT2D eigenvalue weighted by Crippen LogP contribution is -2.74. The fourth-order valence-electron chi connectivity index (χ4n) is 3.41. The average Bonchev–Trinajstić information content (AvgIpc) is 2.37. The number of benzene rings is 1. The largest absolute Gasteiger partial charge is 0.490 e. The Morgan fingerprint density at radius 2 is 2.05 bits per heavy atom. The summed E-state index contributed by atoms with van der Waals surface area (Å²) in [5.74, 6) is 0.536. The van der Waals surface area contributed by atoms with Gasteiger partial charge in [-0.3, -0.25) is 14.9 Å². The number of fused-ring (bicyclic) bond motifs is 3. The fraction of sp³-hybridized carbons (Fsp3) is 0.429. The predicted octanol–water partition coefficient (Wildman–Crippen LogP) is 0.691. The SMILES string of the molecule is O=C1NC(=O)C2(N3CCOc4ccccc43)CC1C2. The first-order valence-electron chi connectivity index (χ1n) is 6.55. The lowest BCUT2D eigenvalue weighted by atomic mass is 9.63. The summed E-state index contributed by atoms with van der Waals surface area (Å²) in [6.07, 6.45) is 1.26. The summed E-state index contributed by atoms with van der Waals surface area (Å²) >= 11 is 0. The summed E-state index contributed by atoms with van der Waals surface area (Å²) < 4.78 is 5.62. The van der Waals surface area contributed by atoms with Crippen LogP contribution in [0.5, 0.6) is 5.75 Å². The highest BCUT2D eigenvalue weighted by molar-refractivity contribution is 6.09. The number of para-hydroxylation sites is 2. The highest BCUT2D eigenvalue weighted by Gasteiger charge is 2.61. The minimum Gasteiger partial charge on any atom is -0.490 e. The van der Waals surface area contributed by atoms with Gasteiger partial charge in [-0.15, -0.1) is 0 Å². The van der Waals surface area contributed by atoms with Gasteiger partial charge in [-0.05, 0) is 25.0 Å². The van der Waals surface area contributed by atoms with Crippen molar-refractivity contribution in [1.82, 2.24) is 5.32 Å². The van der Waals surface area contributed by atoms with Crippen molar-refractivity contribution in [2.24, 2.45) is 5.92 Å². The van der Waals surface area contributed by atoms with E-state index in [-0.39, 0.29) is 17.7 Å². The van der Waals surface area contributed by atoms with Gasteiger partial charge in [-0.1, -0.05) is 12.1 Å². The van der Waals surface area contributed by atoms with Crippen LogP contribution in [0.2, 0.25) is 0 Å². The van der Waals surface area contributed by atoms with Gasteiger partial charge in [0.2, 0.25) is 5.91 Å². The molecule has 5 nitrogen and oxygen atoms in total. The van der Waals surface area contributed by atoms with Crippen LogP contribution in [0, 0.1) is 5.92 Å². The first-order valence-corrected chi connectivity index (χ1v) is 6.55. The third kappa shape index (κ3) is 1.30. The van der Waals surface area contributed by atoms with E-state index in [2.05, 4.69) is 10.2 Å². The van der Waals surface area contributed by atoms with Crippen molar-refractivity contribution < 1.29 is 14.3 Å². The molecule has 2 bridgehead atoms. The monoisotopic (exact) mass is 258 g/mol. The molecule has 4 aliphatic rings. The van der Waals surface area contributed by atoms with E-state index in [1.54, 1.807) is 0 Å². The van der Waals surface area contributed by atoms with Crippen molar-refractivity contribution >= 4 is 17.5 Å². The molecular formula is C14H14N2O3. The molecule has 1 saturated carbocycles. The van der Waals surface area contributed by atoms with Crippen LogP contribution in [0.1, 0.15) is 12.8 Å². The molecule has 2 amide bonds. The number of ether oxygens (including phenoxy) is 1. The van der Waals surface area contributed by atoms with Crippen LogP contribution in [0.4, 0.5) is 5.69 Å². The summed E-state index contributed by atoms with van der Waals surface area (Å²) in [5, 5.41) is 2.49. The Labute approximate surface area is 110 Å². The molecule has 0 atom stereocenters. The van der Waals surface area contributed by atoms with Crippen LogP contribution in [-0.4, -0.2) is 30.5 Å². The van der Waals surface area contributed by atoms with E-state index in [0.717, 1.165) is 11.4 Å². The van der Waals surface area contributed by atoms with Gasteiger partial charge >= 0.3 is 0 Å². The Morgan fingerprint density at radius 3 is 2.84 bits per heavy atom. The van der Waals surface area contributed by atoms with Crippen LogP contribution >= 0.6 is 0 Å². The van der Waals surface area contributed by atoms with E-state index in [4.69, 9.17) is 4.74 Å². The number of amides is 2. The smallest absolute Gasteiger partial charge is 0.252 e. The summed E-state index contributed by atoms with van der Waals surface area (Å²) in [4.78, 5) is 25.9. The van der Waals surface area contributed by atoms with Crippen molar-refractivity contribution in [2.75, 3.05) is 18.1 Å². The van der Waals surface area contributed by atoms with Crippen molar-refractivity contribution in [3.05, 3.63) is 24.3 Å². The minimum atomic E-state index is -0.543. The number of nitrogens with zero attached hydrogens (tertiary/aromatic N) is 1. The Kier molecular flexibility index (Phi) is 2.00. The number of hydrogen-bond donors (Lipinski definition) is 1. The summed E-state index contributed by atoms with van der Waals surface area (Å²) in [7, 11) is 0. The summed E-state index contributed by atoms with van der Waals surface area (Å²) in [6.45, 7) is 1.26. The van der Waals surface area contributed by atoms with Crippen molar-refractivity contribution in [1.29, 1.82) is 0 Å². The molecule has 2 saturated heterocycles. The average molecular weight is 258 g/mol. The summed E-state index contributed by atoms with van der Waals surface area (Å²) in [6, 6.07) is 7.76. The number of anilines is 1. The minimum absolute atomic E-state index is 0.00675. The summed E-state index contributed by atoms with van der Waals surface area (Å²) in [5.41, 5.74) is 0.412. The Hall–Kier alpha value is -2.04. The molecule has 19 heavy (non-hydrogen) atoms. The van der Waals surface area contributed by atoms with E-state index in [9.17, 15) is 9.59 Å². The molecule has 3 fully saturated rings. The van der Waals surface area contributed by atoms with E-state index in [1.807, 2.05) is 24.3 Å². The van der Waals surface area contributed by atoms with Gasteiger partial charge in [-0.2, -0.15) is 0 Å². The van der Waals surface area contributed by atoms with Gasteiger partial charge in [0.05, 0.1) is 12.2 Å². The maximum absolute atomic E-state index is 12.3. The van der Waals surface area contributed by atoms with Gasteiger partial charge in [0.1, 0.15) is 17.9 Å². The Balaban J connectivity index is 1.75. The van der Waals surface area contributed by atoms with Gasteiger partial charge in [0.25, 0.3) is 5.91 Å². The molecule has 0 unspecified atom stereocenters. The highest BCUT2D eigenvalue weighted by Crippen LogP contribution is 2.49. The van der Waals surface area contributed by atoms with Crippen molar-refractivity contribution in [2.45, 2.75) is 18.4 Å².